The Kier molecular flexibility index (Phi) is 1.06. The first-order valence-electron chi connectivity index (χ1n) is 4.50. The Hall–Kier alpha value is -1.11. The summed E-state index contributed by atoms with van der Waals surface area (Å²) in [6.07, 6.45) is 5.63. The molecule has 0 radical (unpaired) electrons. The van der Waals surface area contributed by atoms with Crippen molar-refractivity contribution in [1.29, 1.82) is 0 Å². The first kappa shape index (κ1) is 6.41. The van der Waals surface area contributed by atoms with Gasteiger partial charge in [0.15, 0.2) is 0 Å². The average molecular weight is 157 g/mol. The summed E-state index contributed by atoms with van der Waals surface area (Å²) in [5.74, 6) is 1.57. The zero-order chi connectivity index (χ0) is 8.13. The van der Waals surface area contributed by atoms with E-state index in [1.54, 1.807) is 0 Å². The van der Waals surface area contributed by atoms with Crippen molar-refractivity contribution in [2.45, 2.75) is 19.3 Å². The summed E-state index contributed by atoms with van der Waals surface area (Å²) in [5.41, 5.74) is 4.12. The van der Waals surface area contributed by atoms with Crippen LogP contribution in [0.15, 0.2) is 24.4 Å². The molecular formula is C11H11N. The molecule has 1 aromatic rings. The molecule has 0 amide bonds. The number of aromatic nitrogens is 1. The minimum Gasteiger partial charge on any atom is -0.260 e. The lowest BCUT2D eigenvalue weighted by molar-refractivity contribution is 0.928. The molecule has 0 aliphatic heterocycles. The van der Waals surface area contributed by atoms with Crippen LogP contribution < -0.4 is 0 Å². The Morgan fingerprint density at radius 2 is 2.42 bits per heavy atom. The Morgan fingerprint density at radius 3 is 3.33 bits per heavy atom. The van der Waals surface area contributed by atoms with Crippen LogP contribution in [0.4, 0.5) is 0 Å². The molecule has 2 unspecified atom stereocenters. The fraction of sp³-hybridized carbons (Fsp3) is 0.364. The van der Waals surface area contributed by atoms with E-state index in [2.05, 4.69) is 24.1 Å². The number of nitrogens with zero attached hydrogens (tertiary/aromatic N) is 1. The van der Waals surface area contributed by atoms with E-state index in [0.29, 0.717) is 0 Å². The molecule has 12 heavy (non-hydrogen) atoms. The minimum absolute atomic E-state index is 0.755. The standard InChI is InChI=1S/C11H11N/c1-7-5-8-6-10(8)11-9(7)3-2-4-12-11/h2-5,8,10H,6H2,1H3. The molecular weight excluding hydrogens is 146 g/mol. The van der Waals surface area contributed by atoms with E-state index in [0.717, 1.165) is 11.8 Å². The Labute approximate surface area is 72.1 Å². The summed E-state index contributed by atoms with van der Waals surface area (Å²) in [7, 11) is 0. The molecule has 1 fully saturated rings. The second kappa shape index (κ2) is 1.98. The Balaban J connectivity index is 2.25. The molecule has 1 heteroatoms. The third-order valence-electron chi connectivity index (χ3n) is 2.92. The minimum atomic E-state index is 0.755. The highest BCUT2D eigenvalue weighted by Crippen LogP contribution is 2.53. The molecule has 1 saturated carbocycles. The van der Waals surface area contributed by atoms with Gasteiger partial charge in [0.2, 0.25) is 0 Å². The fourth-order valence-electron chi connectivity index (χ4n) is 2.17. The quantitative estimate of drug-likeness (QED) is 0.564. The van der Waals surface area contributed by atoms with Crippen LogP contribution in [-0.4, -0.2) is 4.98 Å². The van der Waals surface area contributed by atoms with E-state index >= 15 is 0 Å². The van der Waals surface area contributed by atoms with Gasteiger partial charge in [-0.2, -0.15) is 0 Å². The van der Waals surface area contributed by atoms with Crippen LogP contribution in [0.2, 0.25) is 0 Å². The van der Waals surface area contributed by atoms with Crippen molar-refractivity contribution < 1.29 is 0 Å². The van der Waals surface area contributed by atoms with Gasteiger partial charge in [0.05, 0.1) is 5.69 Å². The van der Waals surface area contributed by atoms with Crippen molar-refractivity contribution >= 4 is 5.57 Å². The second-order valence-electron chi connectivity index (χ2n) is 3.79. The van der Waals surface area contributed by atoms with E-state index in [1.165, 1.54) is 23.3 Å². The summed E-state index contributed by atoms with van der Waals surface area (Å²) in [5, 5.41) is 0. The second-order valence-corrected chi connectivity index (χ2v) is 3.79. The molecule has 0 N–H and O–H groups in total. The summed E-state index contributed by atoms with van der Waals surface area (Å²) < 4.78 is 0. The van der Waals surface area contributed by atoms with E-state index in [9.17, 15) is 0 Å². The van der Waals surface area contributed by atoms with Gasteiger partial charge < -0.3 is 0 Å². The van der Waals surface area contributed by atoms with Gasteiger partial charge in [-0.15, -0.1) is 0 Å². The zero-order valence-electron chi connectivity index (χ0n) is 7.12. The summed E-state index contributed by atoms with van der Waals surface area (Å²) >= 11 is 0. The van der Waals surface area contributed by atoms with Crippen molar-refractivity contribution in [3.63, 3.8) is 0 Å². The van der Waals surface area contributed by atoms with Crippen molar-refractivity contribution in [2.24, 2.45) is 5.92 Å². The molecule has 2 aliphatic carbocycles. The van der Waals surface area contributed by atoms with E-state index < -0.39 is 0 Å². The first-order valence-corrected chi connectivity index (χ1v) is 4.50. The van der Waals surface area contributed by atoms with Crippen LogP contribution in [-0.2, 0) is 0 Å². The third kappa shape index (κ3) is 0.711. The van der Waals surface area contributed by atoms with Gasteiger partial charge in [0.1, 0.15) is 0 Å². The van der Waals surface area contributed by atoms with Gasteiger partial charge in [-0.1, -0.05) is 12.1 Å². The summed E-state index contributed by atoms with van der Waals surface area (Å²) in [6.45, 7) is 2.19. The predicted octanol–water partition coefficient (Wildman–Crippen LogP) is 2.60. The molecule has 60 valence electrons. The third-order valence-corrected chi connectivity index (χ3v) is 2.92. The lowest BCUT2D eigenvalue weighted by atomic mass is 9.96. The number of hydrogen-bond donors (Lipinski definition) is 0. The van der Waals surface area contributed by atoms with Gasteiger partial charge in [-0.3, -0.25) is 4.98 Å². The van der Waals surface area contributed by atoms with Crippen LogP contribution in [0, 0.1) is 5.92 Å². The van der Waals surface area contributed by atoms with Gasteiger partial charge in [0.25, 0.3) is 0 Å². The summed E-state index contributed by atoms with van der Waals surface area (Å²) in [6, 6.07) is 4.21. The van der Waals surface area contributed by atoms with Crippen LogP contribution in [0.1, 0.15) is 30.5 Å². The lowest BCUT2D eigenvalue weighted by Crippen LogP contribution is -1.98. The average Bonchev–Trinajstić information content (AvgIpc) is 2.84. The maximum Gasteiger partial charge on any atom is 0.0515 e. The smallest absolute Gasteiger partial charge is 0.0515 e. The molecule has 2 aliphatic rings. The van der Waals surface area contributed by atoms with E-state index in [4.69, 9.17) is 0 Å². The van der Waals surface area contributed by atoms with Crippen molar-refractivity contribution in [3.8, 4) is 0 Å². The van der Waals surface area contributed by atoms with Crippen LogP contribution >= 0.6 is 0 Å². The topological polar surface area (TPSA) is 12.9 Å². The first-order chi connectivity index (χ1) is 5.86. The fourth-order valence-corrected chi connectivity index (χ4v) is 2.17. The largest absolute Gasteiger partial charge is 0.260 e. The maximum atomic E-state index is 4.45. The number of pyridine rings is 1. The highest BCUT2D eigenvalue weighted by Gasteiger charge is 2.41. The lowest BCUT2D eigenvalue weighted by Gasteiger charge is -2.12. The van der Waals surface area contributed by atoms with Gasteiger partial charge in [-0.05, 0) is 36.5 Å². The molecule has 2 atom stereocenters. The SMILES string of the molecule is CC1=CC2CC2c2ncccc21. The molecule has 3 rings (SSSR count). The number of hydrogen-bond acceptors (Lipinski definition) is 1. The van der Waals surface area contributed by atoms with Gasteiger partial charge in [-0.25, -0.2) is 0 Å². The molecule has 0 saturated heterocycles. The van der Waals surface area contributed by atoms with Crippen molar-refractivity contribution in [3.05, 3.63) is 35.7 Å². The Bertz CT molecular complexity index is 365. The molecule has 0 spiro atoms. The number of allylic oxidation sites excluding steroid dienone is 2. The molecule has 1 nitrogen and oxygen atoms in total. The zero-order valence-corrected chi connectivity index (χ0v) is 7.12. The van der Waals surface area contributed by atoms with Crippen LogP contribution in [0.3, 0.4) is 0 Å². The normalized spacial score (nSPS) is 30.2. The van der Waals surface area contributed by atoms with Crippen LogP contribution in [0.25, 0.3) is 5.57 Å². The van der Waals surface area contributed by atoms with Crippen molar-refractivity contribution in [1.82, 2.24) is 4.98 Å². The van der Waals surface area contributed by atoms with Gasteiger partial charge in [0, 0.05) is 12.1 Å². The highest BCUT2D eigenvalue weighted by molar-refractivity contribution is 5.70. The maximum absolute atomic E-state index is 4.45. The van der Waals surface area contributed by atoms with E-state index in [-0.39, 0.29) is 0 Å². The monoisotopic (exact) mass is 157 g/mol. The van der Waals surface area contributed by atoms with E-state index in [1.807, 2.05) is 12.3 Å². The van der Waals surface area contributed by atoms with Crippen LogP contribution in [0.5, 0.6) is 0 Å². The highest BCUT2D eigenvalue weighted by atomic mass is 14.7. The Morgan fingerprint density at radius 1 is 1.50 bits per heavy atom. The number of rotatable bonds is 0. The van der Waals surface area contributed by atoms with Crippen molar-refractivity contribution in [2.75, 3.05) is 0 Å². The molecule has 0 bridgehead atoms. The molecule has 0 aromatic carbocycles. The molecule has 1 aromatic heterocycles. The predicted molar refractivity (Wildman–Crippen MR) is 48.7 cm³/mol. The number of fused-ring (bicyclic) bond motifs is 3. The summed E-state index contributed by atoms with van der Waals surface area (Å²) in [4.78, 5) is 4.45. The van der Waals surface area contributed by atoms with Gasteiger partial charge >= 0.3 is 0 Å². The molecule has 1 heterocycles.